The minimum absolute atomic E-state index is 0.0393. The molecule has 0 bridgehead atoms. The first kappa shape index (κ1) is 44.4. The molecule has 62 heavy (non-hydrogen) atoms. The second kappa shape index (κ2) is 16.9. The zero-order chi connectivity index (χ0) is 43.9. The van der Waals surface area contributed by atoms with Crippen LogP contribution in [0.5, 0.6) is 0 Å². The first-order valence-electron chi connectivity index (χ1n) is 22.5. The molecule has 9 aliphatic rings. The second-order valence-electron chi connectivity index (χ2n) is 19.9. The first-order chi connectivity index (χ1) is 29.5. The highest BCUT2D eigenvalue weighted by atomic mass is 17.0. The van der Waals surface area contributed by atoms with Crippen LogP contribution in [0.1, 0.15) is 105 Å². The number of rotatable bonds is 11. The molecule has 8 fully saturated rings. The highest BCUT2D eigenvalue weighted by molar-refractivity contribution is 5.85. The molecule has 0 radical (unpaired) electrons. The Balaban J connectivity index is 0.795. The lowest BCUT2D eigenvalue weighted by Crippen LogP contribution is -2.62. The van der Waals surface area contributed by atoms with E-state index in [1.165, 1.54) is 6.08 Å². The summed E-state index contributed by atoms with van der Waals surface area (Å²) >= 11 is 0. The maximum Gasteiger partial charge on any atom is 0.331 e. The van der Waals surface area contributed by atoms with Gasteiger partial charge in [-0.05, 0) is 94.5 Å². The Labute approximate surface area is 359 Å². The van der Waals surface area contributed by atoms with Crippen molar-refractivity contribution in [3.8, 4) is 0 Å². The monoisotopic (exact) mass is 882 g/mol. The van der Waals surface area contributed by atoms with Gasteiger partial charge in [-0.2, -0.15) is 0 Å². The van der Waals surface area contributed by atoms with E-state index in [1.54, 1.807) is 13.8 Å². The molecule has 4 saturated carbocycles. The lowest BCUT2D eigenvalue weighted by atomic mass is 9.43. The highest BCUT2D eigenvalue weighted by Gasteiger charge is 2.71. The van der Waals surface area contributed by atoms with Gasteiger partial charge in [0, 0.05) is 43.1 Å². The van der Waals surface area contributed by atoms with Crippen molar-refractivity contribution in [1.29, 1.82) is 0 Å². The molecule has 0 spiro atoms. The summed E-state index contributed by atoms with van der Waals surface area (Å²) in [5, 5.41) is 45.8. The Bertz CT molecular complexity index is 1730. The van der Waals surface area contributed by atoms with Gasteiger partial charge < -0.3 is 62.5 Å². The molecule has 0 aromatic rings. The fraction of sp³-hybridized carbons (Fsp3) is 0.929. The van der Waals surface area contributed by atoms with Gasteiger partial charge in [-0.15, -0.1) is 20.2 Å². The van der Waals surface area contributed by atoms with Crippen LogP contribution in [0, 0.1) is 54.7 Å². The molecule has 21 atom stereocenters. The Kier molecular flexibility index (Phi) is 12.1. The lowest BCUT2D eigenvalue weighted by Gasteiger charge is -2.63. The Morgan fingerprint density at radius 2 is 1.45 bits per heavy atom. The van der Waals surface area contributed by atoms with E-state index in [0.29, 0.717) is 24.3 Å². The molecule has 3 unspecified atom stereocenters. The number of ether oxygens (including phenoxy) is 9. The normalized spacial score (nSPS) is 51.2. The summed E-state index contributed by atoms with van der Waals surface area (Å²) in [6, 6.07) is 0. The zero-order valence-electron chi connectivity index (χ0n) is 36.0. The summed E-state index contributed by atoms with van der Waals surface area (Å²) in [5.74, 6) is -0.581. The Hall–Kier alpha value is -2.79. The van der Waals surface area contributed by atoms with Crippen LogP contribution in [0.3, 0.4) is 0 Å². The third-order valence-electron chi connectivity index (χ3n) is 16.7. The third-order valence-corrected chi connectivity index (χ3v) is 16.7. The Morgan fingerprint density at radius 3 is 2.16 bits per heavy atom. The van der Waals surface area contributed by atoms with Crippen molar-refractivity contribution in [3.05, 3.63) is 31.9 Å². The van der Waals surface area contributed by atoms with Crippen LogP contribution in [0.4, 0.5) is 0 Å². The predicted octanol–water partition coefficient (Wildman–Crippen LogP) is 3.67. The molecule has 2 N–H and O–H groups in total. The van der Waals surface area contributed by atoms with E-state index in [9.17, 15) is 35.2 Å². The summed E-state index contributed by atoms with van der Waals surface area (Å²) in [4.78, 5) is 45.7. The van der Waals surface area contributed by atoms with Gasteiger partial charge in [0.05, 0.1) is 42.2 Å². The number of hydrogen-bond donors (Lipinski definition) is 2. The van der Waals surface area contributed by atoms with Crippen LogP contribution in [0.2, 0.25) is 0 Å². The summed E-state index contributed by atoms with van der Waals surface area (Å²) < 4.78 is 54.1. The number of aliphatic hydroxyl groups excluding tert-OH is 1. The van der Waals surface area contributed by atoms with Crippen molar-refractivity contribution in [2.24, 2.45) is 34.5 Å². The van der Waals surface area contributed by atoms with E-state index in [-0.39, 0.29) is 74.3 Å². The molecule has 9 rings (SSSR count). The zero-order valence-corrected chi connectivity index (χ0v) is 36.0. The fourth-order valence-corrected chi connectivity index (χ4v) is 13.8. The number of nitrogens with zero attached hydrogens (tertiary/aromatic N) is 2. The lowest BCUT2D eigenvalue weighted by molar-refractivity contribution is -0.773. The summed E-state index contributed by atoms with van der Waals surface area (Å²) in [6.07, 6.45) is -1.50. The van der Waals surface area contributed by atoms with Gasteiger partial charge in [-0.1, -0.05) is 13.8 Å². The maximum absolute atomic E-state index is 12.8. The molecule has 4 saturated heterocycles. The van der Waals surface area contributed by atoms with Crippen molar-refractivity contribution >= 4 is 5.97 Å². The predicted molar refractivity (Wildman–Crippen MR) is 207 cm³/mol. The topological polar surface area (TPSA) is 245 Å². The van der Waals surface area contributed by atoms with Gasteiger partial charge in [0.25, 0.3) is 10.2 Å². The van der Waals surface area contributed by atoms with E-state index in [4.69, 9.17) is 52.3 Å². The van der Waals surface area contributed by atoms with Crippen molar-refractivity contribution in [3.63, 3.8) is 0 Å². The van der Waals surface area contributed by atoms with E-state index in [2.05, 4.69) is 6.92 Å². The molecule has 20 nitrogen and oxygen atoms in total. The fourth-order valence-electron chi connectivity index (χ4n) is 13.8. The largest absolute Gasteiger partial charge is 0.458 e. The van der Waals surface area contributed by atoms with E-state index in [1.807, 2.05) is 13.8 Å². The van der Waals surface area contributed by atoms with Crippen LogP contribution in [-0.4, -0.2) is 131 Å². The molecule has 20 heteroatoms. The second-order valence-corrected chi connectivity index (χ2v) is 19.9. The van der Waals surface area contributed by atoms with Gasteiger partial charge in [-0.25, -0.2) is 4.79 Å². The summed E-state index contributed by atoms with van der Waals surface area (Å²) in [5.41, 5.74) is -1.39. The van der Waals surface area contributed by atoms with Crippen molar-refractivity contribution in [2.45, 2.75) is 197 Å². The smallest absolute Gasteiger partial charge is 0.331 e. The first-order valence-corrected chi connectivity index (χ1v) is 22.5. The van der Waals surface area contributed by atoms with E-state index < -0.39 is 94.7 Å². The van der Waals surface area contributed by atoms with Crippen LogP contribution in [0.25, 0.3) is 0 Å². The number of carbonyl (C=O) groups excluding carboxylic acids is 1. The third kappa shape index (κ3) is 7.91. The summed E-state index contributed by atoms with van der Waals surface area (Å²) in [6.45, 7) is 9.93. The summed E-state index contributed by atoms with van der Waals surface area (Å²) in [7, 11) is 0. The average molecular weight is 883 g/mol. The van der Waals surface area contributed by atoms with Crippen LogP contribution >= 0.6 is 0 Å². The van der Waals surface area contributed by atoms with Gasteiger partial charge in [-0.3, -0.25) is 0 Å². The molecule has 0 aromatic heterocycles. The van der Waals surface area contributed by atoms with Gasteiger partial charge in [0.2, 0.25) is 0 Å². The van der Waals surface area contributed by atoms with Crippen molar-refractivity contribution in [2.75, 3.05) is 13.4 Å². The number of cyclic esters (lactones) is 1. The van der Waals surface area contributed by atoms with Crippen molar-refractivity contribution < 1.29 is 77.5 Å². The molecule has 5 aliphatic heterocycles. The Morgan fingerprint density at radius 1 is 0.774 bits per heavy atom. The molecule has 0 aromatic carbocycles. The molecule has 5 heterocycles. The van der Waals surface area contributed by atoms with Crippen LogP contribution < -0.4 is 0 Å². The van der Waals surface area contributed by atoms with Gasteiger partial charge in [0.15, 0.2) is 18.9 Å². The number of carbonyl (C=O) groups is 1. The standard InChI is InChI=1S/C42H62N2O18/c1-20-37(59-35-16-30(61-43(48)49)39(22(3)57-35)60-34-15-29-38(21(2)56-34)54-19-53-29)28(45)14-33(55-20)58-25-8-10-40(4)24(13-25)6-7-27-26(40)9-11-41(5)36(23-12-32(46)52-18-23)31(62-44(50)51)17-42(27,41)47/h12,20-22,24-31,33-39,45,47H,6-11,13-19H2,1-5H3/t20-,21-,22-,24-,25+,26?,27?,28+,29+,30+,31+,33+,34+,35+,36?,37-,38-,39-,40+,41-,42+/m1/s1. The van der Waals surface area contributed by atoms with Gasteiger partial charge in [0.1, 0.15) is 43.9 Å². The van der Waals surface area contributed by atoms with E-state index >= 15 is 0 Å². The number of esters is 1. The number of aliphatic hydroxyl groups is 2. The van der Waals surface area contributed by atoms with Crippen molar-refractivity contribution in [1.82, 2.24) is 0 Å². The minimum Gasteiger partial charge on any atom is -0.458 e. The quantitative estimate of drug-likeness (QED) is 0.130. The average Bonchev–Trinajstić information content (AvgIpc) is 3.90. The van der Waals surface area contributed by atoms with Crippen LogP contribution in [0.15, 0.2) is 11.6 Å². The minimum atomic E-state index is -1.22. The van der Waals surface area contributed by atoms with Crippen LogP contribution in [-0.2, 0) is 57.1 Å². The highest BCUT2D eigenvalue weighted by Crippen LogP contribution is 2.70. The molecule has 4 aliphatic carbocycles. The van der Waals surface area contributed by atoms with E-state index in [0.717, 1.165) is 38.5 Å². The SMILES string of the molecule is C[C@H]1O[C@@H](O[C@H]2[C@@H](O[N+](=O)[O-])C[C@H](O[C@H]3[C@@H](O)C[C@H](O[C@H]4CC[C@]5(C)C6CC[C@]7(C)C(C8=CC(=O)OC8)[C@@H](O[N+](=O)[O-])C[C@]7(O)C6CC[C@@H]5C4)O[C@@H]3C)O[C@@H]2C)C[C@@H]2OCO[C@@H]21. The maximum atomic E-state index is 12.8. The van der Waals surface area contributed by atoms with Gasteiger partial charge >= 0.3 is 5.97 Å². The molecular weight excluding hydrogens is 820 g/mol. The number of fused-ring (bicyclic) bond motifs is 6. The molecule has 348 valence electrons. The number of hydrogen-bond acceptors (Lipinski definition) is 18. The molecule has 0 amide bonds. The molecular formula is C42H62N2O18.